The van der Waals surface area contributed by atoms with Crippen LogP contribution in [-0.4, -0.2) is 19.9 Å². The number of Topliss-reactive ketones (excluding diaryl/α,β-unsaturated/α-hetero) is 1. The summed E-state index contributed by atoms with van der Waals surface area (Å²) >= 11 is 0. The molecule has 98 valence electrons. The fraction of sp³-hybridized carbons (Fsp3) is 0.533. The first kappa shape index (κ1) is 18.2. The maximum absolute atomic E-state index is 10.6. The van der Waals surface area contributed by atoms with Gasteiger partial charge in [-0.25, -0.2) is 0 Å². The molecule has 1 aromatic carbocycles. The highest BCUT2D eigenvalue weighted by Gasteiger charge is 1.94. The van der Waals surface area contributed by atoms with Crippen molar-refractivity contribution in [3.63, 3.8) is 0 Å². The normalized spacial score (nSPS) is 8.29. The first-order chi connectivity index (χ1) is 8.20. The Morgan fingerprint density at radius 3 is 2.00 bits per heavy atom. The number of nitrogens with one attached hydrogen (secondary N) is 1. The van der Waals surface area contributed by atoms with Crippen molar-refractivity contribution in [3.05, 3.63) is 35.9 Å². The number of ketones is 1. The van der Waals surface area contributed by atoms with Crippen molar-refractivity contribution in [2.75, 3.05) is 14.1 Å². The van der Waals surface area contributed by atoms with Crippen molar-refractivity contribution in [1.29, 1.82) is 0 Å². The van der Waals surface area contributed by atoms with E-state index in [2.05, 4.69) is 17.4 Å². The lowest BCUT2D eigenvalue weighted by molar-refractivity contribution is -0.117. The number of rotatable bonds is 4. The predicted octanol–water partition coefficient (Wildman–Crippen LogP) is 3.46. The second kappa shape index (κ2) is 14.8. The van der Waals surface area contributed by atoms with E-state index in [0.717, 1.165) is 12.8 Å². The lowest BCUT2D eigenvalue weighted by Gasteiger charge is -1.98. The van der Waals surface area contributed by atoms with Gasteiger partial charge in [-0.3, -0.25) is 0 Å². The van der Waals surface area contributed by atoms with Crippen molar-refractivity contribution in [2.45, 2.75) is 40.0 Å². The second-order valence-electron chi connectivity index (χ2n) is 3.54. The molecule has 0 aliphatic heterocycles. The summed E-state index contributed by atoms with van der Waals surface area (Å²) in [4.78, 5) is 10.6. The summed E-state index contributed by atoms with van der Waals surface area (Å²) in [5.74, 6) is 0.283. The molecular weight excluding hydrogens is 210 g/mol. The number of aryl methyl sites for hydroxylation is 1. The van der Waals surface area contributed by atoms with Crippen molar-refractivity contribution in [1.82, 2.24) is 5.32 Å². The van der Waals surface area contributed by atoms with E-state index < -0.39 is 0 Å². The lowest BCUT2D eigenvalue weighted by Crippen LogP contribution is -1.91. The minimum atomic E-state index is 0.283. The Hall–Kier alpha value is -1.15. The highest BCUT2D eigenvalue weighted by atomic mass is 16.1. The molecule has 0 amide bonds. The fourth-order valence-corrected chi connectivity index (χ4v) is 1.19. The van der Waals surface area contributed by atoms with Gasteiger partial charge in [0, 0.05) is 6.42 Å². The second-order valence-corrected chi connectivity index (χ2v) is 3.54. The van der Waals surface area contributed by atoms with Gasteiger partial charge in [-0.1, -0.05) is 44.2 Å². The van der Waals surface area contributed by atoms with Gasteiger partial charge in [-0.15, -0.1) is 0 Å². The minimum absolute atomic E-state index is 0.283. The number of carbonyl (C=O) groups is 1. The van der Waals surface area contributed by atoms with Gasteiger partial charge < -0.3 is 10.1 Å². The molecule has 0 unspecified atom stereocenters. The Labute approximate surface area is 106 Å². The zero-order valence-corrected chi connectivity index (χ0v) is 11.9. The molecule has 0 bridgehead atoms. The third-order valence-corrected chi connectivity index (χ3v) is 1.84. The molecule has 0 saturated heterocycles. The summed E-state index contributed by atoms with van der Waals surface area (Å²) in [5.41, 5.74) is 1.32. The van der Waals surface area contributed by atoms with E-state index in [1.54, 1.807) is 6.92 Å². The van der Waals surface area contributed by atoms with Crippen molar-refractivity contribution in [3.8, 4) is 0 Å². The average Bonchev–Trinajstić information content (AvgIpc) is 2.33. The Morgan fingerprint density at radius 1 is 1.12 bits per heavy atom. The Kier molecular flexibility index (Phi) is 15.9. The zero-order chi connectivity index (χ0) is 13.5. The van der Waals surface area contributed by atoms with Crippen LogP contribution in [0.2, 0.25) is 0 Å². The van der Waals surface area contributed by atoms with Gasteiger partial charge in [-0.2, -0.15) is 0 Å². The van der Waals surface area contributed by atoms with Crippen LogP contribution in [0.3, 0.4) is 0 Å². The van der Waals surface area contributed by atoms with Gasteiger partial charge in [0.05, 0.1) is 0 Å². The minimum Gasteiger partial charge on any atom is -0.323 e. The maximum atomic E-state index is 10.6. The van der Waals surface area contributed by atoms with E-state index in [9.17, 15) is 4.79 Å². The maximum Gasteiger partial charge on any atom is 0.129 e. The smallest absolute Gasteiger partial charge is 0.129 e. The molecule has 0 radical (unpaired) electrons. The van der Waals surface area contributed by atoms with E-state index in [-0.39, 0.29) is 5.78 Å². The molecule has 0 atom stereocenters. The highest BCUT2D eigenvalue weighted by Crippen LogP contribution is 2.04. The monoisotopic (exact) mass is 237 g/mol. The zero-order valence-electron chi connectivity index (χ0n) is 11.9. The predicted molar refractivity (Wildman–Crippen MR) is 76.4 cm³/mol. The van der Waals surface area contributed by atoms with Crippen LogP contribution in [0.1, 0.15) is 39.2 Å². The number of hydrogen-bond donors (Lipinski definition) is 1. The largest absolute Gasteiger partial charge is 0.323 e. The molecule has 0 heterocycles. The number of hydrogen-bond acceptors (Lipinski definition) is 2. The van der Waals surface area contributed by atoms with Crippen LogP contribution in [-0.2, 0) is 11.2 Å². The van der Waals surface area contributed by atoms with Gasteiger partial charge in [0.25, 0.3) is 0 Å². The molecule has 0 fully saturated rings. The average molecular weight is 237 g/mol. The summed E-state index contributed by atoms with van der Waals surface area (Å²) in [7, 11) is 3.75. The van der Waals surface area contributed by atoms with Crippen molar-refractivity contribution >= 4 is 5.78 Å². The van der Waals surface area contributed by atoms with E-state index >= 15 is 0 Å². The van der Waals surface area contributed by atoms with Crippen LogP contribution in [0.25, 0.3) is 0 Å². The van der Waals surface area contributed by atoms with Gasteiger partial charge in [0.2, 0.25) is 0 Å². The van der Waals surface area contributed by atoms with Gasteiger partial charge in [-0.05, 0) is 39.4 Å². The molecular formula is C15H27NO. The first-order valence-corrected chi connectivity index (χ1v) is 6.32. The Morgan fingerprint density at radius 2 is 1.59 bits per heavy atom. The van der Waals surface area contributed by atoms with E-state index in [4.69, 9.17) is 0 Å². The summed E-state index contributed by atoms with van der Waals surface area (Å²) in [6.45, 7) is 5.64. The molecule has 0 aliphatic carbocycles. The summed E-state index contributed by atoms with van der Waals surface area (Å²) < 4.78 is 0. The summed E-state index contributed by atoms with van der Waals surface area (Å²) in [6, 6.07) is 10.3. The third kappa shape index (κ3) is 14.8. The number of carbonyl (C=O) groups excluding carboxylic acids is 1. The van der Waals surface area contributed by atoms with Crippen LogP contribution in [0.5, 0.6) is 0 Å². The lowest BCUT2D eigenvalue weighted by atomic mass is 10.1. The van der Waals surface area contributed by atoms with Crippen LogP contribution in [0.4, 0.5) is 0 Å². The van der Waals surface area contributed by atoms with Crippen LogP contribution in [0, 0.1) is 0 Å². The topological polar surface area (TPSA) is 29.1 Å². The van der Waals surface area contributed by atoms with Crippen LogP contribution in [0.15, 0.2) is 30.3 Å². The SMILES string of the molecule is CC.CC(=O)CCCc1ccccc1.CNC. The molecule has 1 rings (SSSR count). The summed E-state index contributed by atoms with van der Waals surface area (Å²) in [5, 5.41) is 2.75. The fourth-order valence-electron chi connectivity index (χ4n) is 1.19. The van der Waals surface area contributed by atoms with Crippen molar-refractivity contribution < 1.29 is 4.79 Å². The van der Waals surface area contributed by atoms with Gasteiger partial charge >= 0.3 is 0 Å². The molecule has 1 aromatic rings. The van der Waals surface area contributed by atoms with Gasteiger partial charge in [0.1, 0.15) is 5.78 Å². The quantitative estimate of drug-likeness (QED) is 0.869. The van der Waals surface area contributed by atoms with Crippen molar-refractivity contribution in [2.24, 2.45) is 0 Å². The molecule has 0 aliphatic rings. The molecule has 2 heteroatoms. The van der Waals surface area contributed by atoms with Gasteiger partial charge in [0.15, 0.2) is 0 Å². The van der Waals surface area contributed by atoms with Crippen LogP contribution >= 0.6 is 0 Å². The van der Waals surface area contributed by atoms with E-state index in [1.165, 1.54) is 5.56 Å². The van der Waals surface area contributed by atoms with E-state index in [0.29, 0.717) is 6.42 Å². The molecule has 1 N–H and O–H groups in total. The molecule has 0 aromatic heterocycles. The van der Waals surface area contributed by atoms with E-state index in [1.807, 2.05) is 46.1 Å². The highest BCUT2D eigenvalue weighted by molar-refractivity contribution is 5.75. The summed E-state index contributed by atoms with van der Waals surface area (Å²) in [6.07, 6.45) is 2.69. The number of benzene rings is 1. The molecule has 0 spiro atoms. The first-order valence-electron chi connectivity index (χ1n) is 6.32. The molecule has 17 heavy (non-hydrogen) atoms. The standard InChI is InChI=1S/C11H14O.C2H7N.C2H6/c1-10(12)6-5-9-11-7-3-2-4-8-11;1-3-2;1-2/h2-4,7-8H,5-6,9H2,1H3;3H,1-2H3;1-2H3. The Bertz CT molecular complexity index is 257. The Balaban J connectivity index is 0. The van der Waals surface area contributed by atoms with Crippen LogP contribution < -0.4 is 5.32 Å². The molecule has 0 saturated carbocycles. The molecule has 2 nitrogen and oxygen atoms in total. The third-order valence-electron chi connectivity index (χ3n) is 1.84.